The van der Waals surface area contributed by atoms with Crippen LogP contribution in [0.4, 0.5) is 0 Å². The average molecular weight is 349 g/mol. The van der Waals surface area contributed by atoms with E-state index in [4.69, 9.17) is 10.1 Å². The first-order chi connectivity index (χ1) is 12.5. The molecule has 0 aliphatic heterocycles. The zero-order valence-electron chi connectivity index (χ0n) is 14.9. The topological polar surface area (TPSA) is 96.7 Å². The Labute approximate surface area is 149 Å². The largest absolute Gasteiger partial charge is 0.477 e. The number of aromatic carboxylic acids is 1. The Hall–Kier alpha value is -3.22. The van der Waals surface area contributed by atoms with Gasteiger partial charge in [0.05, 0.1) is 12.2 Å². The third-order valence-corrected chi connectivity index (χ3v) is 4.53. The number of rotatable bonds is 4. The molecule has 0 aliphatic carbocycles. The van der Waals surface area contributed by atoms with Crippen LogP contribution < -0.4 is 0 Å². The smallest absolute Gasteiger partial charge is 0.352 e. The number of aromatic amines is 1. The van der Waals surface area contributed by atoms with Crippen molar-refractivity contribution in [3.05, 3.63) is 52.9 Å². The van der Waals surface area contributed by atoms with Crippen molar-refractivity contribution < 1.29 is 9.90 Å². The van der Waals surface area contributed by atoms with E-state index in [0.717, 1.165) is 51.4 Å². The molecular weight excluding hydrogens is 330 g/mol. The first kappa shape index (κ1) is 16.3. The van der Waals surface area contributed by atoms with Crippen LogP contribution in [0.15, 0.2) is 24.3 Å². The van der Waals surface area contributed by atoms with E-state index >= 15 is 0 Å². The van der Waals surface area contributed by atoms with Gasteiger partial charge in [-0.2, -0.15) is 0 Å². The third kappa shape index (κ3) is 2.61. The number of benzene rings is 1. The first-order valence-corrected chi connectivity index (χ1v) is 8.51. The highest BCUT2D eigenvalue weighted by Crippen LogP contribution is 2.22. The van der Waals surface area contributed by atoms with Gasteiger partial charge in [0.1, 0.15) is 22.9 Å². The second kappa shape index (κ2) is 5.94. The lowest BCUT2D eigenvalue weighted by molar-refractivity contribution is 0.0691. The summed E-state index contributed by atoms with van der Waals surface area (Å²) in [6.45, 7) is 6.53. The van der Waals surface area contributed by atoms with Gasteiger partial charge in [-0.25, -0.2) is 19.7 Å². The lowest BCUT2D eigenvalue weighted by atomic mass is 10.1. The predicted molar refractivity (Wildman–Crippen MR) is 98.5 cm³/mol. The van der Waals surface area contributed by atoms with Crippen LogP contribution in [0.1, 0.15) is 40.3 Å². The van der Waals surface area contributed by atoms with E-state index in [1.165, 1.54) is 0 Å². The molecule has 0 saturated heterocycles. The van der Waals surface area contributed by atoms with Crippen LogP contribution in [0, 0.1) is 13.8 Å². The number of carbonyl (C=O) groups is 1. The summed E-state index contributed by atoms with van der Waals surface area (Å²) in [6.07, 6.45) is 0.796. The molecule has 0 radical (unpaired) electrons. The van der Waals surface area contributed by atoms with E-state index in [0.29, 0.717) is 6.54 Å². The molecule has 4 aromatic rings. The standard InChI is InChI=1S/C19H19N5O2/c1-4-16-23-17-10(2)20-11(3)21-18(17)24(16)9-12-5-6-14-13(7-12)8-15(22-14)19(25)26/h5-8,22H,4,9H2,1-3H3,(H,25,26). The Morgan fingerprint density at radius 2 is 2.00 bits per heavy atom. The summed E-state index contributed by atoms with van der Waals surface area (Å²) in [7, 11) is 0. The Morgan fingerprint density at radius 1 is 1.19 bits per heavy atom. The van der Waals surface area contributed by atoms with Crippen LogP contribution in [-0.4, -0.2) is 35.6 Å². The van der Waals surface area contributed by atoms with Crippen LogP contribution in [0.25, 0.3) is 22.1 Å². The molecule has 0 atom stereocenters. The van der Waals surface area contributed by atoms with Gasteiger partial charge < -0.3 is 14.7 Å². The fourth-order valence-corrected chi connectivity index (χ4v) is 3.33. The second-order valence-electron chi connectivity index (χ2n) is 6.41. The van der Waals surface area contributed by atoms with Gasteiger partial charge in [-0.3, -0.25) is 0 Å². The first-order valence-electron chi connectivity index (χ1n) is 8.51. The fraction of sp³-hybridized carbons (Fsp3) is 0.263. The van der Waals surface area contributed by atoms with Crippen molar-refractivity contribution in [2.24, 2.45) is 0 Å². The number of H-pyrrole nitrogens is 1. The molecular formula is C19H19N5O2. The fourth-order valence-electron chi connectivity index (χ4n) is 3.33. The van der Waals surface area contributed by atoms with Crippen LogP contribution >= 0.6 is 0 Å². The normalized spacial score (nSPS) is 11.5. The van der Waals surface area contributed by atoms with Crippen LogP contribution in [0.5, 0.6) is 0 Å². The Morgan fingerprint density at radius 3 is 2.73 bits per heavy atom. The Bertz CT molecular complexity index is 1160. The highest BCUT2D eigenvalue weighted by molar-refractivity contribution is 5.93. The number of imidazole rings is 1. The minimum Gasteiger partial charge on any atom is -0.477 e. The van der Waals surface area contributed by atoms with Crippen molar-refractivity contribution in [2.45, 2.75) is 33.7 Å². The van der Waals surface area contributed by atoms with Gasteiger partial charge in [0.2, 0.25) is 0 Å². The van der Waals surface area contributed by atoms with Crippen LogP contribution in [0.2, 0.25) is 0 Å². The lowest BCUT2D eigenvalue weighted by Crippen LogP contribution is -2.06. The monoisotopic (exact) mass is 349 g/mol. The second-order valence-corrected chi connectivity index (χ2v) is 6.41. The molecule has 7 nitrogen and oxygen atoms in total. The molecule has 4 rings (SSSR count). The molecule has 0 bridgehead atoms. The van der Waals surface area contributed by atoms with Crippen LogP contribution in [0.3, 0.4) is 0 Å². The number of nitrogens with zero attached hydrogens (tertiary/aromatic N) is 4. The van der Waals surface area contributed by atoms with E-state index in [1.807, 2.05) is 32.0 Å². The zero-order chi connectivity index (χ0) is 18.4. The molecule has 1 aromatic carbocycles. The van der Waals surface area contributed by atoms with E-state index in [2.05, 4.69) is 26.4 Å². The molecule has 2 N–H and O–H groups in total. The number of carboxylic acid groups (broad SMARTS) is 1. The summed E-state index contributed by atoms with van der Waals surface area (Å²) in [6, 6.07) is 7.57. The summed E-state index contributed by atoms with van der Waals surface area (Å²) in [5.41, 5.74) is 4.63. The number of hydrogen-bond acceptors (Lipinski definition) is 4. The van der Waals surface area contributed by atoms with Crippen molar-refractivity contribution >= 4 is 28.0 Å². The number of nitrogens with one attached hydrogen (secondary N) is 1. The molecule has 0 spiro atoms. The molecule has 0 fully saturated rings. The summed E-state index contributed by atoms with van der Waals surface area (Å²) in [5, 5.41) is 10.0. The van der Waals surface area contributed by atoms with Gasteiger partial charge in [-0.15, -0.1) is 0 Å². The van der Waals surface area contributed by atoms with E-state index in [9.17, 15) is 4.79 Å². The van der Waals surface area contributed by atoms with Gasteiger partial charge in [0.15, 0.2) is 5.65 Å². The maximum absolute atomic E-state index is 11.1. The number of aromatic nitrogens is 5. The SMILES string of the molecule is CCc1nc2c(C)nc(C)nc2n1Cc1ccc2[nH]c(C(=O)O)cc2c1. The molecule has 3 aromatic heterocycles. The molecule has 0 aliphatic rings. The number of carboxylic acids is 1. The van der Waals surface area contributed by atoms with Gasteiger partial charge >= 0.3 is 5.97 Å². The minimum absolute atomic E-state index is 0.193. The molecule has 0 unspecified atom stereocenters. The third-order valence-electron chi connectivity index (χ3n) is 4.53. The highest BCUT2D eigenvalue weighted by atomic mass is 16.4. The predicted octanol–water partition coefficient (Wildman–Crippen LogP) is 3.23. The summed E-state index contributed by atoms with van der Waals surface area (Å²) in [5.74, 6) is 0.730. The number of aryl methyl sites for hydroxylation is 3. The van der Waals surface area contributed by atoms with E-state index in [1.54, 1.807) is 6.07 Å². The minimum atomic E-state index is -0.959. The number of fused-ring (bicyclic) bond motifs is 2. The van der Waals surface area contributed by atoms with Gasteiger partial charge in [0, 0.05) is 17.3 Å². The molecule has 0 saturated carbocycles. The summed E-state index contributed by atoms with van der Waals surface area (Å²) in [4.78, 5) is 27.8. The molecule has 132 valence electrons. The van der Waals surface area contributed by atoms with Crippen molar-refractivity contribution in [1.82, 2.24) is 24.5 Å². The van der Waals surface area contributed by atoms with Crippen molar-refractivity contribution in [2.75, 3.05) is 0 Å². The van der Waals surface area contributed by atoms with E-state index in [-0.39, 0.29) is 5.69 Å². The molecule has 0 amide bonds. The van der Waals surface area contributed by atoms with E-state index < -0.39 is 5.97 Å². The summed E-state index contributed by atoms with van der Waals surface area (Å²) < 4.78 is 2.11. The maximum Gasteiger partial charge on any atom is 0.352 e. The lowest BCUT2D eigenvalue weighted by Gasteiger charge is -2.08. The molecule has 7 heteroatoms. The molecule has 26 heavy (non-hydrogen) atoms. The quantitative estimate of drug-likeness (QED) is 0.589. The molecule has 3 heterocycles. The summed E-state index contributed by atoms with van der Waals surface area (Å²) >= 11 is 0. The number of hydrogen-bond donors (Lipinski definition) is 2. The average Bonchev–Trinajstić information content (AvgIpc) is 3.17. The Balaban J connectivity index is 1.81. The zero-order valence-corrected chi connectivity index (χ0v) is 14.9. The highest BCUT2D eigenvalue weighted by Gasteiger charge is 2.15. The maximum atomic E-state index is 11.1. The van der Waals surface area contributed by atoms with Crippen molar-refractivity contribution in [3.63, 3.8) is 0 Å². The van der Waals surface area contributed by atoms with Gasteiger partial charge in [-0.05, 0) is 37.6 Å². The Kier molecular flexibility index (Phi) is 3.72. The van der Waals surface area contributed by atoms with Crippen molar-refractivity contribution in [1.29, 1.82) is 0 Å². The van der Waals surface area contributed by atoms with Gasteiger partial charge in [0.25, 0.3) is 0 Å². The van der Waals surface area contributed by atoms with Crippen LogP contribution in [-0.2, 0) is 13.0 Å². The van der Waals surface area contributed by atoms with Crippen molar-refractivity contribution in [3.8, 4) is 0 Å². The van der Waals surface area contributed by atoms with Gasteiger partial charge in [-0.1, -0.05) is 13.0 Å².